The van der Waals surface area contributed by atoms with Crippen molar-refractivity contribution in [2.75, 3.05) is 6.54 Å². The monoisotopic (exact) mass is 279 g/mol. The van der Waals surface area contributed by atoms with E-state index in [0.717, 1.165) is 31.2 Å². The molecule has 108 valence electrons. The number of rotatable bonds is 6. The zero-order valence-corrected chi connectivity index (χ0v) is 11.7. The minimum atomic E-state index is -0.575. The summed E-state index contributed by atoms with van der Waals surface area (Å²) < 4.78 is 32.7. The molecule has 0 saturated carbocycles. The Balaban J connectivity index is 2.35. The summed E-state index contributed by atoms with van der Waals surface area (Å²) in [7, 11) is 0. The molecule has 2 rings (SSSR count). The van der Waals surface area contributed by atoms with Crippen LogP contribution >= 0.6 is 0 Å². The molecule has 1 N–H and O–H groups in total. The summed E-state index contributed by atoms with van der Waals surface area (Å²) in [4.78, 5) is 0. The molecule has 0 aliphatic heterocycles. The Kier molecular flexibility index (Phi) is 4.90. The van der Waals surface area contributed by atoms with Crippen LogP contribution in [0.2, 0.25) is 0 Å². The van der Waals surface area contributed by atoms with Gasteiger partial charge < -0.3 is 9.73 Å². The van der Waals surface area contributed by atoms with Crippen molar-refractivity contribution in [3.8, 4) is 0 Å². The molecule has 1 aromatic heterocycles. The molecule has 0 aliphatic rings. The van der Waals surface area contributed by atoms with E-state index in [1.54, 1.807) is 0 Å². The third kappa shape index (κ3) is 3.25. The second-order valence-corrected chi connectivity index (χ2v) is 4.71. The minimum Gasteiger partial charge on any atom is -0.464 e. The van der Waals surface area contributed by atoms with Crippen LogP contribution in [0.3, 0.4) is 0 Å². The molecule has 1 aromatic carbocycles. The summed E-state index contributed by atoms with van der Waals surface area (Å²) in [5, 5.41) is 3.24. The maximum absolute atomic E-state index is 14.0. The topological polar surface area (TPSA) is 25.2 Å². The van der Waals surface area contributed by atoms with Gasteiger partial charge in [-0.2, -0.15) is 0 Å². The van der Waals surface area contributed by atoms with Crippen LogP contribution in [0.25, 0.3) is 0 Å². The van der Waals surface area contributed by atoms with Gasteiger partial charge in [0, 0.05) is 18.1 Å². The average molecular weight is 279 g/mol. The summed E-state index contributed by atoms with van der Waals surface area (Å²) in [5.41, 5.74) is 0.400. The molecule has 0 spiro atoms. The Bertz CT molecular complexity index is 565. The lowest BCUT2D eigenvalue weighted by molar-refractivity contribution is 0.413. The van der Waals surface area contributed by atoms with E-state index in [4.69, 9.17) is 4.42 Å². The first-order valence-electron chi connectivity index (χ1n) is 6.92. The van der Waals surface area contributed by atoms with Crippen LogP contribution in [0.5, 0.6) is 0 Å². The van der Waals surface area contributed by atoms with E-state index in [-0.39, 0.29) is 0 Å². The van der Waals surface area contributed by atoms with Gasteiger partial charge in [-0.15, -0.1) is 0 Å². The van der Waals surface area contributed by atoms with Crippen molar-refractivity contribution in [3.05, 3.63) is 59.1 Å². The molecule has 0 aliphatic carbocycles. The van der Waals surface area contributed by atoms with Crippen molar-refractivity contribution in [2.45, 2.75) is 32.7 Å². The van der Waals surface area contributed by atoms with Crippen LogP contribution in [0, 0.1) is 11.6 Å². The number of aryl methyl sites for hydroxylation is 1. The SMILES string of the molecule is CCCNC(c1ccc(CC)o1)c1ccc(F)cc1F. The van der Waals surface area contributed by atoms with Crippen molar-refractivity contribution in [2.24, 2.45) is 0 Å². The summed E-state index contributed by atoms with van der Waals surface area (Å²) in [6.45, 7) is 4.75. The number of nitrogens with one attached hydrogen (secondary N) is 1. The standard InChI is InChI=1S/C16H19F2NO/c1-3-9-19-16(15-8-6-12(4-2)20-15)13-7-5-11(17)10-14(13)18/h5-8,10,16,19H,3-4,9H2,1-2H3. The summed E-state index contributed by atoms with van der Waals surface area (Å²) in [6, 6.07) is 6.97. The lowest BCUT2D eigenvalue weighted by Crippen LogP contribution is -2.23. The fourth-order valence-corrected chi connectivity index (χ4v) is 2.13. The largest absolute Gasteiger partial charge is 0.464 e. The van der Waals surface area contributed by atoms with Gasteiger partial charge in [0.25, 0.3) is 0 Å². The van der Waals surface area contributed by atoms with Crippen LogP contribution in [-0.2, 0) is 6.42 Å². The van der Waals surface area contributed by atoms with Gasteiger partial charge in [0.05, 0.1) is 6.04 Å². The molecule has 0 fully saturated rings. The Morgan fingerprint density at radius 3 is 2.55 bits per heavy atom. The van der Waals surface area contributed by atoms with Crippen LogP contribution in [0.15, 0.2) is 34.7 Å². The minimum absolute atomic E-state index is 0.393. The molecule has 0 amide bonds. The van der Waals surface area contributed by atoms with Gasteiger partial charge in [-0.1, -0.05) is 19.9 Å². The predicted octanol–water partition coefficient (Wildman–Crippen LogP) is 4.21. The van der Waals surface area contributed by atoms with Crippen LogP contribution in [0.1, 0.15) is 43.4 Å². The lowest BCUT2D eigenvalue weighted by Gasteiger charge is -2.17. The third-order valence-electron chi connectivity index (χ3n) is 3.19. The van der Waals surface area contributed by atoms with E-state index in [1.165, 1.54) is 12.1 Å². The first-order valence-corrected chi connectivity index (χ1v) is 6.92. The maximum Gasteiger partial charge on any atom is 0.131 e. The summed E-state index contributed by atoms with van der Waals surface area (Å²) in [5.74, 6) is 0.369. The van der Waals surface area contributed by atoms with Gasteiger partial charge in [-0.3, -0.25) is 0 Å². The van der Waals surface area contributed by atoms with Gasteiger partial charge >= 0.3 is 0 Å². The number of halogens is 2. The second kappa shape index (κ2) is 6.66. The van der Waals surface area contributed by atoms with E-state index >= 15 is 0 Å². The molecule has 0 bridgehead atoms. The van der Waals surface area contributed by atoms with Gasteiger partial charge in [0.1, 0.15) is 23.2 Å². The molecular weight excluding hydrogens is 260 g/mol. The molecule has 1 atom stereocenters. The number of benzene rings is 1. The molecule has 20 heavy (non-hydrogen) atoms. The number of furan rings is 1. The highest BCUT2D eigenvalue weighted by atomic mass is 19.1. The van der Waals surface area contributed by atoms with Crippen molar-refractivity contribution in [1.82, 2.24) is 5.32 Å². The third-order valence-corrected chi connectivity index (χ3v) is 3.19. The van der Waals surface area contributed by atoms with E-state index in [9.17, 15) is 8.78 Å². The zero-order valence-electron chi connectivity index (χ0n) is 11.7. The van der Waals surface area contributed by atoms with Crippen molar-refractivity contribution in [3.63, 3.8) is 0 Å². The lowest BCUT2D eigenvalue weighted by atomic mass is 10.0. The average Bonchev–Trinajstić information content (AvgIpc) is 2.90. The Labute approximate surface area is 117 Å². The van der Waals surface area contributed by atoms with Crippen molar-refractivity contribution in [1.29, 1.82) is 0 Å². The fourth-order valence-electron chi connectivity index (χ4n) is 2.13. The smallest absolute Gasteiger partial charge is 0.131 e. The van der Waals surface area contributed by atoms with Crippen LogP contribution in [0.4, 0.5) is 8.78 Å². The van der Waals surface area contributed by atoms with Crippen molar-refractivity contribution >= 4 is 0 Å². The quantitative estimate of drug-likeness (QED) is 0.857. The Morgan fingerprint density at radius 1 is 1.15 bits per heavy atom. The molecule has 1 unspecified atom stereocenters. The maximum atomic E-state index is 14.0. The highest BCUT2D eigenvalue weighted by molar-refractivity contribution is 5.29. The molecule has 2 aromatic rings. The summed E-state index contributed by atoms with van der Waals surface area (Å²) >= 11 is 0. The molecule has 0 radical (unpaired) electrons. The fraction of sp³-hybridized carbons (Fsp3) is 0.375. The van der Waals surface area contributed by atoms with E-state index in [0.29, 0.717) is 11.3 Å². The highest BCUT2D eigenvalue weighted by Gasteiger charge is 2.20. The zero-order chi connectivity index (χ0) is 14.5. The molecule has 4 heteroatoms. The second-order valence-electron chi connectivity index (χ2n) is 4.71. The molecular formula is C16H19F2NO. The van der Waals surface area contributed by atoms with Crippen LogP contribution in [-0.4, -0.2) is 6.54 Å². The number of hydrogen-bond acceptors (Lipinski definition) is 2. The Hall–Kier alpha value is -1.68. The van der Waals surface area contributed by atoms with E-state index in [1.807, 2.05) is 26.0 Å². The van der Waals surface area contributed by atoms with Crippen LogP contribution < -0.4 is 5.32 Å². The molecule has 0 saturated heterocycles. The van der Waals surface area contributed by atoms with Gasteiger partial charge in [0.2, 0.25) is 0 Å². The van der Waals surface area contributed by atoms with Gasteiger partial charge in [-0.25, -0.2) is 8.78 Å². The van der Waals surface area contributed by atoms with E-state index < -0.39 is 17.7 Å². The normalized spacial score (nSPS) is 12.6. The predicted molar refractivity (Wildman–Crippen MR) is 74.6 cm³/mol. The van der Waals surface area contributed by atoms with Gasteiger partial charge in [-0.05, 0) is 31.2 Å². The molecule has 1 heterocycles. The first-order chi connectivity index (χ1) is 9.65. The van der Waals surface area contributed by atoms with Crippen molar-refractivity contribution < 1.29 is 13.2 Å². The molecule has 2 nitrogen and oxygen atoms in total. The van der Waals surface area contributed by atoms with Gasteiger partial charge in [0.15, 0.2) is 0 Å². The van der Waals surface area contributed by atoms with E-state index in [2.05, 4.69) is 5.32 Å². The summed E-state index contributed by atoms with van der Waals surface area (Å²) in [6.07, 6.45) is 1.70. The number of hydrogen-bond donors (Lipinski definition) is 1. The Morgan fingerprint density at radius 2 is 1.95 bits per heavy atom. The highest BCUT2D eigenvalue weighted by Crippen LogP contribution is 2.26. The first kappa shape index (κ1) is 14.7.